The third-order valence-corrected chi connectivity index (χ3v) is 4.05. The van der Waals surface area contributed by atoms with Crippen molar-refractivity contribution in [1.29, 1.82) is 0 Å². The Morgan fingerprint density at radius 2 is 2.24 bits per heavy atom. The van der Waals surface area contributed by atoms with Gasteiger partial charge in [-0.1, -0.05) is 28.1 Å². The van der Waals surface area contributed by atoms with Crippen LogP contribution in [0, 0.1) is 0 Å². The van der Waals surface area contributed by atoms with E-state index >= 15 is 0 Å². The lowest BCUT2D eigenvalue weighted by Crippen LogP contribution is -2.13. The summed E-state index contributed by atoms with van der Waals surface area (Å²) in [7, 11) is 1.66. The molecule has 0 heterocycles. The minimum atomic E-state index is -0.723. The summed E-state index contributed by atoms with van der Waals surface area (Å²) >= 11 is 3.51. The maximum atomic E-state index is 10.9. The van der Waals surface area contributed by atoms with E-state index < -0.39 is 5.97 Å². The third-order valence-electron chi connectivity index (χ3n) is 3.31. The molecule has 0 atom stereocenters. The normalized spacial score (nSPS) is 16.8. The van der Waals surface area contributed by atoms with E-state index in [1.165, 1.54) is 0 Å². The maximum absolute atomic E-state index is 10.9. The summed E-state index contributed by atoms with van der Waals surface area (Å²) in [5.74, 6) is -0.723. The van der Waals surface area contributed by atoms with Gasteiger partial charge in [0.15, 0.2) is 0 Å². The molecule has 0 aliphatic heterocycles. The van der Waals surface area contributed by atoms with Crippen LogP contribution in [0.25, 0.3) is 0 Å². The number of carboxylic acids is 1. The first kappa shape index (κ1) is 12.6. The van der Waals surface area contributed by atoms with Crippen LogP contribution in [0.1, 0.15) is 30.4 Å². The molecular formula is C13H15BrO3. The van der Waals surface area contributed by atoms with Crippen molar-refractivity contribution < 1.29 is 14.6 Å². The number of ether oxygens (including phenoxy) is 1. The van der Waals surface area contributed by atoms with Crippen LogP contribution < -0.4 is 0 Å². The van der Waals surface area contributed by atoms with Gasteiger partial charge in [0.25, 0.3) is 0 Å². The highest BCUT2D eigenvalue weighted by molar-refractivity contribution is 9.10. The molecule has 1 aliphatic carbocycles. The molecule has 1 aliphatic rings. The highest BCUT2D eigenvalue weighted by Gasteiger charge is 2.46. The number of hydrogen-bond donors (Lipinski definition) is 1. The van der Waals surface area contributed by atoms with Crippen molar-refractivity contribution in [3.63, 3.8) is 0 Å². The number of rotatable bonds is 5. The van der Waals surface area contributed by atoms with Gasteiger partial charge >= 0.3 is 5.97 Å². The summed E-state index contributed by atoms with van der Waals surface area (Å²) in [5.41, 5.74) is 2.08. The van der Waals surface area contributed by atoms with Gasteiger partial charge in [0.1, 0.15) is 0 Å². The van der Waals surface area contributed by atoms with Crippen molar-refractivity contribution in [3.8, 4) is 0 Å². The summed E-state index contributed by atoms with van der Waals surface area (Å²) < 4.78 is 6.08. The second kappa shape index (κ2) is 4.78. The van der Waals surface area contributed by atoms with E-state index in [4.69, 9.17) is 9.84 Å². The molecule has 0 unspecified atom stereocenters. The van der Waals surface area contributed by atoms with E-state index in [1.807, 2.05) is 18.2 Å². The molecule has 1 fully saturated rings. The average Bonchev–Trinajstić information content (AvgIpc) is 3.01. The fourth-order valence-electron chi connectivity index (χ4n) is 2.16. The topological polar surface area (TPSA) is 46.5 Å². The number of halogens is 1. The lowest BCUT2D eigenvalue weighted by Gasteiger charge is -2.14. The Hall–Kier alpha value is -0.870. The average molecular weight is 299 g/mol. The molecule has 0 amide bonds. The van der Waals surface area contributed by atoms with Gasteiger partial charge in [-0.15, -0.1) is 0 Å². The minimum Gasteiger partial charge on any atom is -0.481 e. The van der Waals surface area contributed by atoms with Gasteiger partial charge in [-0.3, -0.25) is 4.79 Å². The van der Waals surface area contributed by atoms with Gasteiger partial charge in [-0.25, -0.2) is 0 Å². The number of benzene rings is 1. The number of aliphatic carboxylic acids is 1. The molecule has 0 spiro atoms. The van der Waals surface area contributed by atoms with Crippen molar-refractivity contribution in [2.75, 3.05) is 7.11 Å². The van der Waals surface area contributed by atoms with E-state index in [0.717, 1.165) is 28.4 Å². The van der Waals surface area contributed by atoms with Crippen molar-refractivity contribution in [1.82, 2.24) is 0 Å². The van der Waals surface area contributed by atoms with Crippen LogP contribution in [-0.4, -0.2) is 18.2 Å². The highest BCUT2D eigenvalue weighted by Crippen LogP contribution is 2.51. The van der Waals surface area contributed by atoms with Gasteiger partial charge in [-0.2, -0.15) is 0 Å². The molecule has 92 valence electrons. The van der Waals surface area contributed by atoms with Crippen LogP contribution in [0.3, 0.4) is 0 Å². The van der Waals surface area contributed by atoms with Crippen LogP contribution in [-0.2, 0) is 21.6 Å². The highest BCUT2D eigenvalue weighted by atomic mass is 79.9. The smallest absolute Gasteiger partial charge is 0.304 e. The number of carbonyl (C=O) groups is 1. The fourth-order valence-corrected chi connectivity index (χ4v) is 2.65. The largest absolute Gasteiger partial charge is 0.481 e. The van der Waals surface area contributed by atoms with Crippen molar-refractivity contribution in [2.24, 2.45) is 0 Å². The zero-order valence-electron chi connectivity index (χ0n) is 9.70. The van der Waals surface area contributed by atoms with E-state index in [9.17, 15) is 4.79 Å². The predicted octanol–water partition coefficient (Wildman–Crippen LogP) is 3.10. The van der Waals surface area contributed by atoms with Gasteiger partial charge in [0.05, 0.1) is 13.0 Å². The lowest BCUT2D eigenvalue weighted by atomic mass is 9.92. The van der Waals surface area contributed by atoms with Crippen molar-refractivity contribution >= 4 is 21.9 Å². The lowest BCUT2D eigenvalue weighted by molar-refractivity contribution is -0.137. The molecule has 0 radical (unpaired) electrons. The third kappa shape index (κ3) is 2.69. The van der Waals surface area contributed by atoms with Crippen LogP contribution >= 0.6 is 15.9 Å². The SMILES string of the molecule is COCc1ccc(C2(CC(=O)O)CC2)cc1Br. The molecule has 17 heavy (non-hydrogen) atoms. The van der Waals surface area contributed by atoms with Crippen LogP contribution in [0.15, 0.2) is 22.7 Å². The van der Waals surface area contributed by atoms with Crippen LogP contribution in [0.5, 0.6) is 0 Å². The first-order valence-electron chi connectivity index (χ1n) is 5.57. The molecule has 1 saturated carbocycles. The van der Waals surface area contributed by atoms with E-state index in [2.05, 4.69) is 15.9 Å². The molecule has 0 bridgehead atoms. The Morgan fingerprint density at radius 3 is 2.71 bits per heavy atom. The van der Waals surface area contributed by atoms with E-state index in [-0.39, 0.29) is 11.8 Å². The van der Waals surface area contributed by atoms with Crippen molar-refractivity contribution in [3.05, 3.63) is 33.8 Å². The summed E-state index contributed by atoms with van der Waals surface area (Å²) in [6, 6.07) is 6.06. The molecule has 3 nitrogen and oxygen atoms in total. The Bertz CT molecular complexity index is 438. The Balaban J connectivity index is 2.23. The molecule has 1 aromatic rings. The Morgan fingerprint density at radius 1 is 1.53 bits per heavy atom. The predicted molar refractivity (Wildman–Crippen MR) is 68.0 cm³/mol. The van der Waals surface area contributed by atoms with Gasteiger partial charge in [-0.05, 0) is 30.0 Å². The molecule has 0 saturated heterocycles. The molecular weight excluding hydrogens is 284 g/mol. The number of hydrogen-bond acceptors (Lipinski definition) is 2. The zero-order valence-corrected chi connectivity index (χ0v) is 11.3. The second-order valence-corrected chi connectivity index (χ2v) is 5.44. The second-order valence-electron chi connectivity index (χ2n) is 4.59. The molecule has 2 rings (SSSR count). The molecule has 1 N–H and O–H groups in total. The van der Waals surface area contributed by atoms with E-state index in [1.54, 1.807) is 7.11 Å². The summed E-state index contributed by atoms with van der Waals surface area (Å²) in [6.07, 6.45) is 2.16. The zero-order chi connectivity index (χ0) is 12.5. The summed E-state index contributed by atoms with van der Waals surface area (Å²) in [6.45, 7) is 0.562. The Labute approximate surface area is 109 Å². The van der Waals surface area contributed by atoms with Gasteiger partial charge < -0.3 is 9.84 Å². The Kier molecular flexibility index (Phi) is 3.54. The summed E-state index contributed by atoms with van der Waals surface area (Å²) in [4.78, 5) is 10.9. The first-order valence-corrected chi connectivity index (χ1v) is 6.36. The van der Waals surface area contributed by atoms with Crippen molar-refractivity contribution in [2.45, 2.75) is 31.3 Å². The summed E-state index contributed by atoms with van der Waals surface area (Å²) in [5, 5.41) is 8.93. The van der Waals surface area contributed by atoms with Gasteiger partial charge in [0, 0.05) is 17.0 Å². The quantitative estimate of drug-likeness (QED) is 0.908. The maximum Gasteiger partial charge on any atom is 0.304 e. The van der Waals surface area contributed by atoms with E-state index in [0.29, 0.717) is 6.61 Å². The van der Waals surface area contributed by atoms with Crippen LogP contribution in [0.2, 0.25) is 0 Å². The first-order chi connectivity index (χ1) is 8.07. The standard InChI is InChI=1S/C13H15BrO3/c1-17-8-9-2-3-10(6-11(9)14)13(4-5-13)7-12(15)16/h2-3,6H,4-5,7-8H2,1H3,(H,15,16). The fraction of sp³-hybridized carbons (Fsp3) is 0.462. The number of methoxy groups -OCH3 is 1. The molecule has 0 aromatic heterocycles. The van der Waals surface area contributed by atoms with Gasteiger partial charge in [0.2, 0.25) is 0 Å². The minimum absolute atomic E-state index is 0.125. The molecule has 4 heteroatoms. The number of carboxylic acid groups (broad SMARTS) is 1. The molecule has 1 aromatic carbocycles. The monoisotopic (exact) mass is 298 g/mol. The van der Waals surface area contributed by atoms with Crippen LogP contribution in [0.4, 0.5) is 0 Å².